The van der Waals surface area contributed by atoms with Gasteiger partial charge in [-0.2, -0.15) is 0 Å². The molecule has 1 atom stereocenters. The molecule has 4 nitrogen and oxygen atoms in total. The number of aromatic amines is 1. The number of nitrogens with one attached hydrogen (secondary N) is 2. The first kappa shape index (κ1) is 20.6. The molecule has 158 valence electrons. The fourth-order valence-electron chi connectivity index (χ4n) is 4.64. The Morgan fingerprint density at radius 2 is 1.83 bits per heavy atom. The third kappa shape index (κ3) is 4.92. The van der Waals surface area contributed by atoms with E-state index >= 15 is 0 Å². The average Bonchev–Trinajstić information content (AvgIpc) is 3.47. The monoisotopic (exact) mass is 404 g/mol. The SMILES string of the molecule is CC[C@H](/C=C(\c1ccc(CC2CCCC2)cc1)c1ccc(C2CC2)c(=O)[nH]1)NC=O. The molecule has 2 N–H and O–H groups in total. The fraction of sp³-hybridized carbons (Fsp3) is 0.462. The van der Waals surface area contributed by atoms with Crippen molar-refractivity contribution in [1.82, 2.24) is 10.3 Å². The van der Waals surface area contributed by atoms with E-state index in [9.17, 15) is 9.59 Å². The molecule has 1 aromatic carbocycles. The summed E-state index contributed by atoms with van der Waals surface area (Å²) in [4.78, 5) is 26.8. The Morgan fingerprint density at radius 1 is 1.10 bits per heavy atom. The normalized spacial score (nSPS) is 18.4. The standard InChI is InChI=1S/C26H32N2O2/c1-2-22(27-17-29)16-24(25-14-13-23(20-11-12-20)26(30)28-25)21-9-7-19(8-10-21)15-18-5-3-4-6-18/h7-10,13-14,16-18,20,22H,2-6,11-12,15H2,1H3,(H,27,29)(H,28,30)/b24-16+/t22-/m1/s1. The number of rotatable bonds is 9. The van der Waals surface area contributed by atoms with Crippen LogP contribution in [-0.4, -0.2) is 17.4 Å². The minimum absolute atomic E-state index is 0.00940. The van der Waals surface area contributed by atoms with Gasteiger partial charge in [-0.15, -0.1) is 0 Å². The second kappa shape index (κ2) is 9.46. The van der Waals surface area contributed by atoms with Crippen molar-refractivity contribution in [2.24, 2.45) is 5.92 Å². The molecular formula is C26H32N2O2. The first-order valence-corrected chi connectivity index (χ1v) is 11.4. The molecule has 30 heavy (non-hydrogen) atoms. The lowest BCUT2D eigenvalue weighted by Crippen LogP contribution is -2.25. The third-order valence-electron chi connectivity index (χ3n) is 6.60. The van der Waals surface area contributed by atoms with Crippen LogP contribution in [0.2, 0.25) is 0 Å². The van der Waals surface area contributed by atoms with Crippen LogP contribution in [0.1, 0.15) is 80.2 Å². The van der Waals surface area contributed by atoms with Gasteiger partial charge in [0.05, 0.1) is 0 Å². The second-order valence-electron chi connectivity index (χ2n) is 8.86. The van der Waals surface area contributed by atoms with Gasteiger partial charge in [0.15, 0.2) is 0 Å². The zero-order chi connectivity index (χ0) is 20.9. The summed E-state index contributed by atoms with van der Waals surface area (Å²) in [5.74, 6) is 1.24. The predicted octanol–water partition coefficient (Wildman–Crippen LogP) is 4.94. The van der Waals surface area contributed by atoms with Gasteiger partial charge in [0, 0.05) is 22.9 Å². The molecule has 1 amide bonds. The number of aromatic nitrogens is 1. The Hall–Kier alpha value is -2.62. The van der Waals surface area contributed by atoms with Crippen molar-refractivity contribution < 1.29 is 4.79 Å². The maximum Gasteiger partial charge on any atom is 0.251 e. The molecule has 2 fully saturated rings. The smallest absolute Gasteiger partial charge is 0.251 e. The van der Waals surface area contributed by atoms with Crippen LogP contribution in [0.25, 0.3) is 5.57 Å². The number of hydrogen-bond donors (Lipinski definition) is 2. The van der Waals surface area contributed by atoms with Crippen molar-refractivity contribution in [3.8, 4) is 0 Å². The molecule has 2 aromatic rings. The van der Waals surface area contributed by atoms with E-state index in [4.69, 9.17) is 0 Å². The highest BCUT2D eigenvalue weighted by Gasteiger charge is 2.26. The number of H-pyrrole nitrogens is 1. The van der Waals surface area contributed by atoms with Crippen molar-refractivity contribution in [3.05, 3.63) is 75.2 Å². The highest BCUT2D eigenvalue weighted by Crippen LogP contribution is 2.38. The summed E-state index contributed by atoms with van der Waals surface area (Å²) < 4.78 is 0. The third-order valence-corrected chi connectivity index (χ3v) is 6.60. The summed E-state index contributed by atoms with van der Waals surface area (Å²) in [6, 6.07) is 12.6. The average molecular weight is 405 g/mol. The predicted molar refractivity (Wildman–Crippen MR) is 121 cm³/mol. The topological polar surface area (TPSA) is 62.0 Å². The summed E-state index contributed by atoms with van der Waals surface area (Å²) in [5.41, 5.74) is 5.10. The molecule has 0 aliphatic heterocycles. The van der Waals surface area contributed by atoms with Gasteiger partial charge in [-0.25, -0.2) is 0 Å². The molecule has 0 spiro atoms. The van der Waals surface area contributed by atoms with Crippen LogP contribution >= 0.6 is 0 Å². The summed E-state index contributed by atoms with van der Waals surface area (Å²) in [6.07, 6.45) is 12.4. The maximum absolute atomic E-state index is 12.6. The highest BCUT2D eigenvalue weighted by molar-refractivity contribution is 5.78. The van der Waals surface area contributed by atoms with Crippen molar-refractivity contribution >= 4 is 12.0 Å². The van der Waals surface area contributed by atoms with Crippen LogP contribution < -0.4 is 10.9 Å². The minimum atomic E-state index is -0.0812. The molecule has 2 aliphatic rings. The van der Waals surface area contributed by atoms with Crippen LogP contribution in [0.15, 0.2) is 47.3 Å². The van der Waals surface area contributed by atoms with E-state index in [1.165, 1.54) is 31.2 Å². The molecular weight excluding hydrogens is 372 g/mol. The van der Waals surface area contributed by atoms with E-state index in [0.717, 1.165) is 60.4 Å². The van der Waals surface area contributed by atoms with Crippen LogP contribution in [0.4, 0.5) is 0 Å². The number of hydrogen-bond acceptors (Lipinski definition) is 2. The molecule has 0 bridgehead atoms. The van der Waals surface area contributed by atoms with E-state index < -0.39 is 0 Å². The van der Waals surface area contributed by atoms with E-state index in [1.54, 1.807) is 0 Å². The molecule has 4 rings (SSSR count). The molecule has 2 saturated carbocycles. The van der Waals surface area contributed by atoms with Gasteiger partial charge in [0.25, 0.3) is 5.56 Å². The largest absolute Gasteiger partial charge is 0.352 e. The molecule has 0 unspecified atom stereocenters. The molecule has 2 aliphatic carbocycles. The van der Waals surface area contributed by atoms with Gasteiger partial charge < -0.3 is 10.3 Å². The number of pyridine rings is 1. The summed E-state index contributed by atoms with van der Waals surface area (Å²) in [5, 5.41) is 2.87. The Morgan fingerprint density at radius 3 is 2.43 bits per heavy atom. The van der Waals surface area contributed by atoms with Crippen molar-refractivity contribution in [3.63, 3.8) is 0 Å². The minimum Gasteiger partial charge on any atom is -0.352 e. The van der Waals surface area contributed by atoms with E-state index in [0.29, 0.717) is 5.92 Å². The molecule has 0 radical (unpaired) electrons. The lowest BCUT2D eigenvalue weighted by Gasteiger charge is -2.15. The Bertz CT molecular complexity index is 948. The number of carbonyl (C=O) groups is 1. The van der Waals surface area contributed by atoms with Gasteiger partial charge in [0.2, 0.25) is 6.41 Å². The van der Waals surface area contributed by atoms with Gasteiger partial charge in [0.1, 0.15) is 0 Å². The highest BCUT2D eigenvalue weighted by atomic mass is 16.1. The summed E-state index contributed by atoms with van der Waals surface area (Å²) >= 11 is 0. The Labute approximate surface area is 178 Å². The zero-order valence-corrected chi connectivity index (χ0v) is 17.8. The van der Waals surface area contributed by atoms with Crippen molar-refractivity contribution in [1.29, 1.82) is 0 Å². The summed E-state index contributed by atoms with van der Waals surface area (Å²) in [6.45, 7) is 2.04. The quantitative estimate of drug-likeness (QED) is 0.582. The van der Waals surface area contributed by atoms with E-state index in [-0.39, 0.29) is 11.6 Å². The Balaban J connectivity index is 1.64. The van der Waals surface area contributed by atoms with Crippen molar-refractivity contribution in [2.45, 2.75) is 70.3 Å². The van der Waals surface area contributed by atoms with Crippen LogP contribution in [0, 0.1) is 5.92 Å². The van der Waals surface area contributed by atoms with Gasteiger partial charge in [-0.3, -0.25) is 9.59 Å². The van der Waals surface area contributed by atoms with Gasteiger partial charge in [-0.05, 0) is 54.7 Å². The number of amides is 1. The molecule has 1 heterocycles. The maximum atomic E-state index is 12.6. The Kier molecular flexibility index (Phi) is 6.51. The van der Waals surface area contributed by atoms with E-state index in [1.807, 2.05) is 19.1 Å². The first-order valence-electron chi connectivity index (χ1n) is 11.4. The van der Waals surface area contributed by atoms with E-state index in [2.05, 4.69) is 40.6 Å². The van der Waals surface area contributed by atoms with Crippen LogP contribution in [0.5, 0.6) is 0 Å². The van der Waals surface area contributed by atoms with Crippen LogP contribution in [0.3, 0.4) is 0 Å². The fourth-order valence-corrected chi connectivity index (χ4v) is 4.64. The molecule has 0 saturated heterocycles. The second-order valence-corrected chi connectivity index (χ2v) is 8.86. The zero-order valence-electron chi connectivity index (χ0n) is 17.8. The summed E-state index contributed by atoms with van der Waals surface area (Å²) in [7, 11) is 0. The number of carbonyl (C=O) groups excluding carboxylic acids is 1. The van der Waals surface area contributed by atoms with Crippen molar-refractivity contribution in [2.75, 3.05) is 0 Å². The molecule has 4 heteroatoms. The van der Waals surface area contributed by atoms with Gasteiger partial charge in [-0.1, -0.05) is 69.0 Å². The van der Waals surface area contributed by atoms with Gasteiger partial charge >= 0.3 is 0 Å². The number of benzene rings is 1. The van der Waals surface area contributed by atoms with Crippen LogP contribution in [-0.2, 0) is 11.2 Å². The lowest BCUT2D eigenvalue weighted by atomic mass is 9.94. The molecule has 1 aromatic heterocycles. The lowest BCUT2D eigenvalue weighted by molar-refractivity contribution is -0.109. The first-order chi connectivity index (χ1) is 14.7.